The van der Waals surface area contributed by atoms with E-state index in [1.165, 1.54) is 0 Å². The molecule has 1 aromatic carbocycles. The molecule has 2 rings (SSSR count). The van der Waals surface area contributed by atoms with Gasteiger partial charge >= 0.3 is 6.03 Å². The predicted octanol–water partition coefficient (Wildman–Crippen LogP) is 0.820. The summed E-state index contributed by atoms with van der Waals surface area (Å²) in [6.07, 6.45) is 0. The van der Waals surface area contributed by atoms with Gasteiger partial charge in [-0.05, 0) is 41.4 Å². The van der Waals surface area contributed by atoms with Gasteiger partial charge in [0.15, 0.2) is 0 Å². The van der Waals surface area contributed by atoms with Gasteiger partial charge in [0, 0.05) is 18.8 Å². The molecule has 5 N–H and O–H groups in total. The molecule has 3 amide bonds. The van der Waals surface area contributed by atoms with E-state index in [0.29, 0.717) is 0 Å². The van der Waals surface area contributed by atoms with E-state index in [0.717, 1.165) is 16.8 Å². The number of carbonyl (C=O) groups is 2. The number of rotatable bonds is 5. The van der Waals surface area contributed by atoms with Gasteiger partial charge in [-0.25, -0.2) is 9.42 Å². The van der Waals surface area contributed by atoms with Crippen LogP contribution in [0.25, 0.3) is 0 Å². The van der Waals surface area contributed by atoms with Crippen molar-refractivity contribution in [2.45, 2.75) is 13.8 Å². The van der Waals surface area contributed by atoms with Crippen LogP contribution in [0.3, 0.4) is 0 Å². The quantitative estimate of drug-likeness (QED) is 0.603. The first kappa shape index (κ1) is 16.3. The molecule has 0 saturated heterocycles. The van der Waals surface area contributed by atoms with Crippen molar-refractivity contribution in [1.29, 1.82) is 0 Å². The smallest absolute Gasteiger partial charge is 0.319 e. The Morgan fingerprint density at radius 3 is 2.61 bits per heavy atom. The maximum atomic E-state index is 11.8. The lowest BCUT2D eigenvalue weighted by molar-refractivity contribution is 0.0944. The van der Waals surface area contributed by atoms with E-state index in [-0.39, 0.29) is 30.6 Å². The summed E-state index contributed by atoms with van der Waals surface area (Å²) < 4.78 is 4.33. The van der Waals surface area contributed by atoms with Gasteiger partial charge in [0.05, 0.1) is 0 Å². The van der Waals surface area contributed by atoms with Gasteiger partial charge in [0.2, 0.25) is 11.5 Å². The van der Waals surface area contributed by atoms with Gasteiger partial charge in [0.1, 0.15) is 0 Å². The highest BCUT2D eigenvalue weighted by Gasteiger charge is 2.15. The van der Waals surface area contributed by atoms with Gasteiger partial charge in [-0.15, -0.1) is 0 Å². The first-order chi connectivity index (χ1) is 11.0. The first-order valence-electron chi connectivity index (χ1n) is 6.95. The Bertz CT molecular complexity index is 712. The summed E-state index contributed by atoms with van der Waals surface area (Å²) in [7, 11) is 0. The Balaban J connectivity index is 1.74. The van der Waals surface area contributed by atoms with Crippen molar-refractivity contribution in [3.63, 3.8) is 0 Å². The summed E-state index contributed by atoms with van der Waals surface area (Å²) in [6.45, 7) is 4.31. The minimum absolute atomic E-state index is 0.0789. The number of hydrogen-bond donors (Lipinski definition) is 4. The second kappa shape index (κ2) is 7.25. The Morgan fingerprint density at radius 1 is 1.17 bits per heavy atom. The Hall–Kier alpha value is -3.10. The molecule has 0 radical (unpaired) electrons. The minimum Gasteiger partial charge on any atom is -0.379 e. The molecule has 0 fully saturated rings. The van der Waals surface area contributed by atoms with Crippen LogP contribution in [0, 0.1) is 13.8 Å². The second-order valence-corrected chi connectivity index (χ2v) is 4.95. The molecule has 0 atom stereocenters. The molecule has 1 aromatic heterocycles. The van der Waals surface area contributed by atoms with Crippen molar-refractivity contribution >= 4 is 23.4 Å². The van der Waals surface area contributed by atoms with Crippen LogP contribution in [0.5, 0.6) is 0 Å². The van der Waals surface area contributed by atoms with Crippen LogP contribution in [-0.4, -0.2) is 35.3 Å². The fourth-order valence-electron chi connectivity index (χ4n) is 1.83. The van der Waals surface area contributed by atoms with Crippen molar-refractivity contribution in [2.75, 3.05) is 24.1 Å². The second-order valence-electron chi connectivity index (χ2n) is 4.95. The number of nitrogens with one attached hydrogen (secondary N) is 3. The molecule has 9 heteroatoms. The van der Waals surface area contributed by atoms with Crippen molar-refractivity contribution in [3.05, 3.63) is 35.0 Å². The number of nitrogens with two attached hydrogens (primary N) is 1. The largest absolute Gasteiger partial charge is 0.379 e. The zero-order chi connectivity index (χ0) is 16.8. The lowest BCUT2D eigenvalue weighted by atomic mass is 10.1. The zero-order valence-electron chi connectivity index (χ0n) is 12.8. The lowest BCUT2D eigenvalue weighted by Crippen LogP contribution is -2.37. The molecule has 0 spiro atoms. The third-order valence-electron chi connectivity index (χ3n) is 3.07. The highest BCUT2D eigenvalue weighted by molar-refractivity contribution is 5.96. The SMILES string of the molecule is Cc1ccc(C)c(NC(=O)NCCNC(=O)c2nonc2N)c1. The summed E-state index contributed by atoms with van der Waals surface area (Å²) >= 11 is 0. The van der Waals surface area contributed by atoms with E-state index < -0.39 is 5.91 Å². The number of benzene rings is 1. The van der Waals surface area contributed by atoms with Gasteiger partial charge in [0.25, 0.3) is 5.91 Å². The van der Waals surface area contributed by atoms with Crippen molar-refractivity contribution in [2.24, 2.45) is 0 Å². The number of hydrogen-bond acceptors (Lipinski definition) is 6. The molecule has 0 unspecified atom stereocenters. The molecule has 2 aromatic rings. The number of amides is 3. The van der Waals surface area contributed by atoms with Crippen LogP contribution < -0.4 is 21.7 Å². The molecule has 1 heterocycles. The molecular weight excluding hydrogens is 300 g/mol. The average Bonchev–Trinajstić information content (AvgIpc) is 2.93. The Kier molecular flexibility index (Phi) is 5.13. The number of carbonyl (C=O) groups excluding carboxylic acids is 2. The number of urea groups is 1. The van der Waals surface area contributed by atoms with Crippen LogP contribution in [0.1, 0.15) is 21.6 Å². The van der Waals surface area contributed by atoms with Crippen molar-refractivity contribution < 1.29 is 14.2 Å². The van der Waals surface area contributed by atoms with Gasteiger partial charge < -0.3 is 21.7 Å². The Morgan fingerprint density at radius 2 is 1.91 bits per heavy atom. The van der Waals surface area contributed by atoms with Crippen molar-refractivity contribution in [3.8, 4) is 0 Å². The van der Waals surface area contributed by atoms with Crippen LogP contribution in [0.4, 0.5) is 16.3 Å². The first-order valence-corrected chi connectivity index (χ1v) is 6.95. The maximum Gasteiger partial charge on any atom is 0.319 e. The average molecular weight is 318 g/mol. The predicted molar refractivity (Wildman–Crippen MR) is 84.0 cm³/mol. The van der Waals surface area contributed by atoms with Gasteiger partial charge in [-0.2, -0.15) is 0 Å². The third-order valence-corrected chi connectivity index (χ3v) is 3.07. The molecule has 23 heavy (non-hydrogen) atoms. The van der Waals surface area contributed by atoms with E-state index >= 15 is 0 Å². The molecule has 0 aliphatic carbocycles. The van der Waals surface area contributed by atoms with Crippen LogP contribution in [0.2, 0.25) is 0 Å². The number of aromatic nitrogens is 2. The fraction of sp³-hybridized carbons (Fsp3) is 0.286. The molecule has 9 nitrogen and oxygen atoms in total. The maximum absolute atomic E-state index is 11.8. The van der Waals surface area contributed by atoms with Gasteiger partial charge in [-0.3, -0.25) is 4.79 Å². The zero-order valence-corrected chi connectivity index (χ0v) is 12.8. The Labute approximate surface area is 132 Å². The summed E-state index contributed by atoms with van der Waals surface area (Å²) in [4.78, 5) is 23.5. The molecule has 0 saturated carbocycles. The molecule has 0 bridgehead atoms. The van der Waals surface area contributed by atoms with Crippen molar-refractivity contribution in [1.82, 2.24) is 20.9 Å². The summed E-state index contributed by atoms with van der Waals surface area (Å²) in [6, 6.07) is 5.44. The van der Waals surface area contributed by atoms with E-state index in [1.54, 1.807) is 0 Å². The van der Waals surface area contributed by atoms with E-state index in [4.69, 9.17) is 5.73 Å². The van der Waals surface area contributed by atoms with Crippen LogP contribution >= 0.6 is 0 Å². The van der Waals surface area contributed by atoms with E-state index in [2.05, 4.69) is 30.9 Å². The number of nitrogens with zero attached hydrogens (tertiary/aromatic N) is 2. The highest BCUT2D eigenvalue weighted by atomic mass is 16.6. The minimum atomic E-state index is -0.513. The molecule has 0 aliphatic rings. The monoisotopic (exact) mass is 318 g/mol. The standard InChI is InChI=1S/C14H18N6O3/c1-8-3-4-9(2)10(7-8)18-14(22)17-6-5-16-13(21)11-12(15)20-23-19-11/h3-4,7H,5-6H2,1-2H3,(H2,15,20)(H,16,21)(H2,17,18,22). The highest BCUT2D eigenvalue weighted by Crippen LogP contribution is 2.15. The van der Waals surface area contributed by atoms with Crippen LogP contribution in [0.15, 0.2) is 22.8 Å². The topological polar surface area (TPSA) is 135 Å². The van der Waals surface area contributed by atoms with Crippen LogP contribution in [-0.2, 0) is 0 Å². The summed E-state index contributed by atoms with van der Waals surface area (Å²) in [5.41, 5.74) is 8.08. The number of anilines is 2. The van der Waals surface area contributed by atoms with Gasteiger partial charge in [-0.1, -0.05) is 12.1 Å². The molecular formula is C14H18N6O3. The van der Waals surface area contributed by atoms with E-state index in [1.807, 2.05) is 32.0 Å². The number of nitrogen functional groups attached to an aromatic ring is 1. The molecule has 0 aliphatic heterocycles. The molecule has 122 valence electrons. The normalized spacial score (nSPS) is 10.2. The van der Waals surface area contributed by atoms with E-state index in [9.17, 15) is 9.59 Å². The lowest BCUT2D eigenvalue weighted by Gasteiger charge is -2.11. The summed E-state index contributed by atoms with van der Waals surface area (Å²) in [5, 5.41) is 14.6. The fourth-order valence-corrected chi connectivity index (χ4v) is 1.83. The number of aryl methyl sites for hydroxylation is 2. The summed E-state index contributed by atoms with van der Waals surface area (Å²) in [5.74, 6) is -0.594. The third kappa shape index (κ3) is 4.43.